The molecule has 1 aromatic heterocycles. The molecule has 3 rings (SSSR count). The van der Waals surface area contributed by atoms with Crippen LogP contribution in [0.4, 0.5) is 5.82 Å². The van der Waals surface area contributed by atoms with Crippen LogP contribution < -0.4 is 0 Å². The Morgan fingerprint density at radius 2 is 1.45 bits per heavy atom. The number of rotatable bonds is 11. The number of hydrogen-bond acceptors (Lipinski definition) is 5. The maximum absolute atomic E-state index is 12.7. The molecule has 3 aromatic rings. The zero-order valence-electron chi connectivity index (χ0n) is 18.1. The average Bonchev–Trinajstić information content (AvgIpc) is 2.80. The van der Waals surface area contributed by atoms with Crippen LogP contribution in [0.25, 0.3) is 0 Å². The highest BCUT2D eigenvalue weighted by Crippen LogP contribution is 2.48. The van der Waals surface area contributed by atoms with E-state index in [2.05, 4.69) is 29.2 Å². The molecule has 0 spiro atoms. The van der Waals surface area contributed by atoms with Gasteiger partial charge >= 0.3 is 7.60 Å². The van der Waals surface area contributed by atoms with Crippen molar-refractivity contribution in [2.45, 2.75) is 26.7 Å². The van der Waals surface area contributed by atoms with Crippen molar-refractivity contribution in [2.24, 2.45) is 4.99 Å². The molecule has 1 heterocycles. The summed E-state index contributed by atoms with van der Waals surface area (Å²) in [7, 11) is -3.05. The predicted octanol–water partition coefficient (Wildman–Crippen LogP) is 6.45. The maximum atomic E-state index is 12.7. The molecule has 0 atom stereocenters. The van der Waals surface area contributed by atoms with Gasteiger partial charge in [0.2, 0.25) is 0 Å². The van der Waals surface area contributed by atoms with Crippen molar-refractivity contribution in [3.05, 3.63) is 95.7 Å². The van der Waals surface area contributed by atoms with Crippen molar-refractivity contribution in [3.63, 3.8) is 0 Å². The van der Waals surface area contributed by atoms with Gasteiger partial charge in [-0.2, -0.15) is 0 Å². The van der Waals surface area contributed by atoms with E-state index in [-0.39, 0.29) is 0 Å². The van der Waals surface area contributed by atoms with E-state index < -0.39 is 7.60 Å². The maximum Gasteiger partial charge on any atom is 0.330 e. The molecule has 0 N–H and O–H groups in total. The lowest BCUT2D eigenvalue weighted by Gasteiger charge is -2.17. The molecule has 0 bridgehead atoms. The van der Waals surface area contributed by atoms with E-state index in [1.807, 2.05) is 62.4 Å². The molecule has 0 aliphatic rings. The van der Waals surface area contributed by atoms with Crippen molar-refractivity contribution in [1.82, 2.24) is 4.98 Å². The third-order valence-electron chi connectivity index (χ3n) is 4.71. The lowest BCUT2D eigenvalue weighted by Crippen LogP contribution is -2.04. The zero-order valence-corrected chi connectivity index (χ0v) is 19.0. The fourth-order valence-electron chi connectivity index (χ4n) is 3.34. The Hall–Kier alpha value is -2.59. The van der Waals surface area contributed by atoms with Crippen LogP contribution in [0.5, 0.6) is 0 Å². The van der Waals surface area contributed by atoms with Crippen LogP contribution in [-0.4, -0.2) is 30.1 Å². The summed E-state index contributed by atoms with van der Waals surface area (Å²) in [6.45, 7) is 4.40. The average molecular weight is 436 g/mol. The first kappa shape index (κ1) is 23.1. The van der Waals surface area contributed by atoms with E-state index in [1.54, 1.807) is 6.20 Å². The van der Waals surface area contributed by atoms with Gasteiger partial charge in [0.1, 0.15) is 0 Å². The standard InChI is InChI=1S/C25H29N2O3P/c1-3-29-31(28,30-4-2)20-12-18-23-17-11-19-26-25(23)27-24(21-13-7-5-8-14-21)22-15-9-6-10-16-22/h5-11,13-17,19H,3-4,12,18,20H2,1-2H3. The Morgan fingerprint density at radius 3 is 2.00 bits per heavy atom. The Morgan fingerprint density at radius 1 is 0.871 bits per heavy atom. The van der Waals surface area contributed by atoms with Crippen LogP contribution in [0.15, 0.2) is 84.0 Å². The van der Waals surface area contributed by atoms with Crippen molar-refractivity contribution in [3.8, 4) is 0 Å². The monoisotopic (exact) mass is 436 g/mol. The molecule has 162 valence electrons. The van der Waals surface area contributed by atoms with Crippen molar-refractivity contribution >= 4 is 19.1 Å². The van der Waals surface area contributed by atoms with Crippen LogP contribution >= 0.6 is 7.60 Å². The molecule has 0 aliphatic heterocycles. The lowest BCUT2D eigenvalue weighted by molar-refractivity contribution is 0.220. The molecular weight excluding hydrogens is 407 g/mol. The first-order valence-corrected chi connectivity index (χ1v) is 12.4. The van der Waals surface area contributed by atoms with Gasteiger partial charge < -0.3 is 9.05 Å². The van der Waals surface area contributed by atoms with Gasteiger partial charge in [-0.25, -0.2) is 9.98 Å². The van der Waals surface area contributed by atoms with E-state index in [1.165, 1.54) is 0 Å². The molecule has 0 aliphatic carbocycles. The van der Waals surface area contributed by atoms with Gasteiger partial charge in [-0.05, 0) is 38.3 Å². The summed E-state index contributed by atoms with van der Waals surface area (Å²) in [5.74, 6) is 0.674. The summed E-state index contributed by atoms with van der Waals surface area (Å²) in [4.78, 5) is 9.50. The predicted molar refractivity (Wildman–Crippen MR) is 126 cm³/mol. The minimum absolute atomic E-state index is 0.372. The Bertz CT molecular complexity index is 972. The topological polar surface area (TPSA) is 60.8 Å². The normalized spacial score (nSPS) is 11.3. The van der Waals surface area contributed by atoms with E-state index in [0.29, 0.717) is 38.0 Å². The summed E-state index contributed by atoms with van der Waals surface area (Å²) in [5, 5.41) is 0. The first-order valence-electron chi connectivity index (χ1n) is 10.7. The van der Waals surface area contributed by atoms with E-state index >= 15 is 0 Å². The summed E-state index contributed by atoms with van der Waals surface area (Å²) < 4.78 is 23.6. The highest BCUT2D eigenvalue weighted by Gasteiger charge is 2.23. The summed E-state index contributed by atoms with van der Waals surface area (Å²) in [6.07, 6.45) is 3.48. The lowest BCUT2D eigenvalue weighted by atomic mass is 10.0. The minimum atomic E-state index is -3.05. The summed E-state index contributed by atoms with van der Waals surface area (Å²) >= 11 is 0. The molecule has 2 aromatic carbocycles. The van der Waals surface area contributed by atoms with Gasteiger partial charge in [0.05, 0.1) is 25.1 Å². The number of hydrogen-bond donors (Lipinski definition) is 0. The van der Waals surface area contributed by atoms with Crippen LogP contribution in [0.3, 0.4) is 0 Å². The first-order chi connectivity index (χ1) is 15.1. The van der Waals surface area contributed by atoms with Crippen LogP contribution in [-0.2, 0) is 20.0 Å². The second kappa shape index (κ2) is 11.7. The molecular formula is C25H29N2O3P. The van der Waals surface area contributed by atoms with E-state index in [9.17, 15) is 4.57 Å². The fraction of sp³-hybridized carbons (Fsp3) is 0.280. The number of benzene rings is 2. The van der Waals surface area contributed by atoms with Crippen molar-refractivity contribution in [2.75, 3.05) is 19.4 Å². The second-order valence-electron chi connectivity index (χ2n) is 6.95. The van der Waals surface area contributed by atoms with Gasteiger partial charge in [-0.1, -0.05) is 66.7 Å². The van der Waals surface area contributed by atoms with Gasteiger partial charge in [-0.15, -0.1) is 0 Å². The molecule has 31 heavy (non-hydrogen) atoms. The van der Waals surface area contributed by atoms with Crippen molar-refractivity contribution < 1.29 is 13.6 Å². The molecule has 5 nitrogen and oxygen atoms in total. The smallest absolute Gasteiger partial charge is 0.309 e. The Balaban J connectivity index is 1.87. The quantitative estimate of drug-likeness (QED) is 0.256. The largest absolute Gasteiger partial charge is 0.330 e. The zero-order chi connectivity index (χ0) is 21.9. The third-order valence-corrected chi connectivity index (χ3v) is 6.88. The number of aromatic nitrogens is 1. The highest BCUT2D eigenvalue weighted by atomic mass is 31.2. The minimum Gasteiger partial charge on any atom is -0.309 e. The molecule has 6 heteroatoms. The van der Waals surface area contributed by atoms with E-state index in [4.69, 9.17) is 14.0 Å². The van der Waals surface area contributed by atoms with Gasteiger partial charge in [-0.3, -0.25) is 4.57 Å². The number of aryl methyl sites for hydroxylation is 1. The van der Waals surface area contributed by atoms with E-state index in [0.717, 1.165) is 22.4 Å². The summed E-state index contributed by atoms with van der Waals surface area (Å²) in [5.41, 5.74) is 3.94. The number of nitrogens with zero attached hydrogens (tertiary/aromatic N) is 2. The highest BCUT2D eigenvalue weighted by molar-refractivity contribution is 7.53. The van der Waals surface area contributed by atoms with Crippen LogP contribution in [0.1, 0.15) is 37.0 Å². The molecule has 0 saturated heterocycles. The number of pyridine rings is 1. The summed E-state index contributed by atoms with van der Waals surface area (Å²) in [6, 6.07) is 24.1. The molecule has 0 fully saturated rings. The van der Waals surface area contributed by atoms with Crippen LogP contribution in [0.2, 0.25) is 0 Å². The number of aliphatic imine (C=N–C) groups is 1. The fourth-order valence-corrected chi connectivity index (χ4v) is 5.01. The molecule has 0 amide bonds. The molecule has 0 radical (unpaired) electrons. The molecule has 0 unspecified atom stereocenters. The Kier molecular flexibility index (Phi) is 8.72. The molecule has 0 saturated carbocycles. The van der Waals surface area contributed by atoms with Gasteiger partial charge in [0.15, 0.2) is 5.82 Å². The Labute approximate surface area is 184 Å². The second-order valence-corrected chi connectivity index (χ2v) is 9.14. The third kappa shape index (κ3) is 6.70. The van der Waals surface area contributed by atoms with Crippen LogP contribution in [0, 0.1) is 0 Å². The van der Waals surface area contributed by atoms with Gasteiger partial charge in [0, 0.05) is 17.3 Å². The SMILES string of the molecule is CCOP(=O)(CCCc1cccnc1N=C(c1ccccc1)c1ccccc1)OCC. The van der Waals surface area contributed by atoms with Gasteiger partial charge in [0.25, 0.3) is 0 Å². The van der Waals surface area contributed by atoms with Crippen molar-refractivity contribution in [1.29, 1.82) is 0 Å².